The highest BCUT2D eigenvalue weighted by Gasteiger charge is 2.23. The Labute approximate surface area is 177 Å². The smallest absolute Gasteiger partial charge is 0.262 e. The van der Waals surface area contributed by atoms with Gasteiger partial charge in [-0.05, 0) is 62.3 Å². The Hall–Kier alpha value is -1.99. The van der Waals surface area contributed by atoms with Gasteiger partial charge in [0.2, 0.25) is 0 Å². The summed E-state index contributed by atoms with van der Waals surface area (Å²) in [6.07, 6.45) is 4.58. The van der Waals surface area contributed by atoms with Gasteiger partial charge in [-0.1, -0.05) is 33.6 Å². The van der Waals surface area contributed by atoms with Crippen LogP contribution in [-0.2, 0) is 6.54 Å². The number of H-pyrrole nitrogens is 1. The molecular weight excluding hydrogens is 384 g/mol. The molecule has 0 saturated heterocycles. The second-order valence-corrected chi connectivity index (χ2v) is 8.40. The first-order chi connectivity index (χ1) is 13.9. The van der Waals surface area contributed by atoms with Gasteiger partial charge in [-0.3, -0.25) is 14.2 Å². The van der Waals surface area contributed by atoms with E-state index < -0.39 is 0 Å². The summed E-state index contributed by atoms with van der Waals surface area (Å²) < 4.78 is 2.01. The van der Waals surface area contributed by atoms with E-state index in [4.69, 9.17) is 12.2 Å². The molecule has 1 aliphatic rings. The van der Waals surface area contributed by atoms with E-state index in [2.05, 4.69) is 36.0 Å². The van der Waals surface area contributed by atoms with Crippen LogP contribution in [0.1, 0.15) is 56.8 Å². The van der Waals surface area contributed by atoms with E-state index in [0.717, 1.165) is 38.9 Å². The van der Waals surface area contributed by atoms with Crippen molar-refractivity contribution in [1.29, 1.82) is 0 Å². The summed E-state index contributed by atoms with van der Waals surface area (Å²) in [5, 5.41) is 3.72. The van der Waals surface area contributed by atoms with Crippen molar-refractivity contribution in [2.75, 3.05) is 19.6 Å². The topological polar surface area (TPSA) is 70.1 Å². The number of hydrogen-bond acceptors (Lipinski definition) is 4. The maximum atomic E-state index is 12.9. The predicted molar refractivity (Wildman–Crippen MR) is 120 cm³/mol. The molecule has 29 heavy (non-hydrogen) atoms. The van der Waals surface area contributed by atoms with E-state index in [-0.39, 0.29) is 17.5 Å². The number of likely N-dealkylation sites (N-methyl/N-ethyl adjacent to an activating group) is 1. The first kappa shape index (κ1) is 21.7. The van der Waals surface area contributed by atoms with Gasteiger partial charge in [0, 0.05) is 24.7 Å². The van der Waals surface area contributed by atoms with Crippen LogP contribution in [-0.4, -0.2) is 46.0 Å². The third-order valence-corrected chi connectivity index (χ3v) is 6.53. The minimum Gasteiger partial charge on any atom is -0.349 e. The lowest BCUT2D eigenvalue weighted by Gasteiger charge is -2.29. The van der Waals surface area contributed by atoms with Crippen molar-refractivity contribution in [2.24, 2.45) is 5.92 Å². The minimum absolute atomic E-state index is 0.0873. The molecule has 1 aliphatic carbocycles. The fourth-order valence-electron chi connectivity index (χ4n) is 4.16. The molecule has 1 saturated carbocycles. The molecule has 2 N–H and O–H groups in total. The summed E-state index contributed by atoms with van der Waals surface area (Å²) in [5.41, 5.74) is 1.06. The molecule has 1 aromatic heterocycles. The quantitative estimate of drug-likeness (QED) is 0.675. The maximum absolute atomic E-state index is 12.9. The SMILES string of the molecule is CCN(CC)CCn1c(=S)[nH]c2cc(C(=O)N[C@H]3CCCC[C@@H]3C)ccc2c1=O. The Bertz CT molecular complexity index is 977. The molecule has 7 heteroatoms. The Balaban J connectivity index is 1.83. The Morgan fingerprint density at radius 2 is 2.00 bits per heavy atom. The van der Waals surface area contributed by atoms with Crippen LogP contribution in [0.15, 0.2) is 23.0 Å². The zero-order valence-corrected chi connectivity index (χ0v) is 18.5. The molecule has 0 unspecified atom stereocenters. The predicted octanol–water partition coefficient (Wildman–Crippen LogP) is 3.71. The molecule has 1 heterocycles. The van der Waals surface area contributed by atoms with Gasteiger partial charge in [-0.15, -0.1) is 0 Å². The lowest BCUT2D eigenvalue weighted by molar-refractivity contribution is 0.0910. The molecular formula is C22H32N4O2S. The number of carbonyl (C=O) groups excluding carboxylic acids is 1. The third kappa shape index (κ3) is 4.95. The van der Waals surface area contributed by atoms with Crippen molar-refractivity contribution in [3.05, 3.63) is 38.9 Å². The molecule has 3 rings (SSSR count). The highest BCUT2D eigenvalue weighted by Crippen LogP contribution is 2.24. The molecule has 0 radical (unpaired) electrons. The number of carbonyl (C=O) groups is 1. The molecule has 0 aliphatic heterocycles. The molecule has 1 fully saturated rings. The summed E-state index contributed by atoms with van der Waals surface area (Å²) in [6, 6.07) is 5.43. The number of aromatic nitrogens is 2. The molecule has 1 amide bonds. The van der Waals surface area contributed by atoms with Crippen molar-refractivity contribution >= 4 is 29.0 Å². The second-order valence-electron chi connectivity index (χ2n) is 8.02. The number of hydrogen-bond donors (Lipinski definition) is 2. The van der Waals surface area contributed by atoms with Gasteiger partial charge in [0.05, 0.1) is 10.9 Å². The molecule has 6 nitrogen and oxygen atoms in total. The molecule has 0 spiro atoms. The van der Waals surface area contributed by atoms with Crippen LogP contribution in [0.2, 0.25) is 0 Å². The summed E-state index contributed by atoms with van der Waals surface area (Å²) in [4.78, 5) is 31.1. The molecule has 0 bridgehead atoms. The van der Waals surface area contributed by atoms with Crippen molar-refractivity contribution in [3.8, 4) is 0 Å². The number of aromatic amines is 1. The summed E-state index contributed by atoms with van der Waals surface area (Å²) in [6.45, 7) is 9.61. The van der Waals surface area contributed by atoms with Crippen molar-refractivity contribution in [2.45, 2.75) is 59.0 Å². The largest absolute Gasteiger partial charge is 0.349 e. The third-order valence-electron chi connectivity index (χ3n) is 6.21. The maximum Gasteiger partial charge on any atom is 0.262 e. The fraction of sp³-hybridized carbons (Fsp3) is 0.591. The van der Waals surface area contributed by atoms with Crippen LogP contribution in [0.3, 0.4) is 0 Å². The first-order valence-corrected chi connectivity index (χ1v) is 11.2. The van der Waals surface area contributed by atoms with Crippen molar-refractivity contribution < 1.29 is 4.79 Å². The number of fused-ring (bicyclic) bond motifs is 1. The number of amides is 1. The van der Waals surface area contributed by atoms with Gasteiger partial charge in [-0.2, -0.15) is 0 Å². The van der Waals surface area contributed by atoms with E-state index in [1.54, 1.807) is 22.8 Å². The van der Waals surface area contributed by atoms with E-state index >= 15 is 0 Å². The van der Waals surface area contributed by atoms with Gasteiger partial charge in [0.15, 0.2) is 4.77 Å². The Morgan fingerprint density at radius 3 is 2.69 bits per heavy atom. The van der Waals surface area contributed by atoms with Crippen LogP contribution in [0.4, 0.5) is 0 Å². The number of benzene rings is 1. The van der Waals surface area contributed by atoms with Gasteiger partial charge >= 0.3 is 0 Å². The first-order valence-electron chi connectivity index (χ1n) is 10.7. The minimum atomic E-state index is -0.108. The molecule has 2 aromatic rings. The highest BCUT2D eigenvalue weighted by atomic mass is 32.1. The molecule has 158 valence electrons. The van der Waals surface area contributed by atoms with E-state index in [0.29, 0.717) is 33.7 Å². The standard InChI is InChI=1S/C22H32N4O2S/c1-4-25(5-2)12-13-26-21(28)17-11-10-16(14-19(17)24-22(26)29)20(27)23-18-9-7-6-8-15(18)3/h10-11,14-15,18H,4-9,12-13H2,1-3H3,(H,23,27)(H,24,29)/t15-,18-/m0/s1. The zero-order valence-electron chi connectivity index (χ0n) is 17.7. The Morgan fingerprint density at radius 1 is 1.28 bits per heavy atom. The molecule has 1 aromatic carbocycles. The van der Waals surface area contributed by atoms with Gasteiger partial charge in [0.1, 0.15) is 0 Å². The average Bonchev–Trinajstić information content (AvgIpc) is 2.72. The lowest BCUT2D eigenvalue weighted by Crippen LogP contribution is -2.41. The van der Waals surface area contributed by atoms with Gasteiger partial charge < -0.3 is 15.2 Å². The van der Waals surface area contributed by atoms with Crippen LogP contribution >= 0.6 is 12.2 Å². The zero-order chi connectivity index (χ0) is 21.0. The molecule has 2 atom stereocenters. The van der Waals surface area contributed by atoms with Crippen LogP contribution in [0.25, 0.3) is 10.9 Å². The van der Waals surface area contributed by atoms with E-state index in [1.807, 2.05) is 0 Å². The van der Waals surface area contributed by atoms with Gasteiger partial charge in [-0.25, -0.2) is 0 Å². The number of rotatable bonds is 7. The summed E-state index contributed by atoms with van der Waals surface area (Å²) in [5.74, 6) is 0.410. The normalized spacial score (nSPS) is 19.6. The Kier molecular flexibility index (Phi) is 7.24. The van der Waals surface area contributed by atoms with E-state index in [9.17, 15) is 9.59 Å². The van der Waals surface area contributed by atoms with Gasteiger partial charge in [0.25, 0.3) is 11.5 Å². The van der Waals surface area contributed by atoms with Crippen molar-refractivity contribution in [3.63, 3.8) is 0 Å². The van der Waals surface area contributed by atoms with Crippen molar-refractivity contribution in [1.82, 2.24) is 19.8 Å². The summed E-state index contributed by atoms with van der Waals surface area (Å²) >= 11 is 5.43. The monoisotopic (exact) mass is 416 g/mol. The van der Waals surface area contributed by atoms with E-state index in [1.165, 1.54) is 6.42 Å². The highest BCUT2D eigenvalue weighted by molar-refractivity contribution is 7.71. The van der Waals surface area contributed by atoms with Crippen LogP contribution in [0.5, 0.6) is 0 Å². The van der Waals surface area contributed by atoms with Crippen LogP contribution < -0.4 is 10.9 Å². The van der Waals surface area contributed by atoms with Crippen LogP contribution in [0, 0.1) is 10.7 Å². The number of nitrogens with one attached hydrogen (secondary N) is 2. The second kappa shape index (κ2) is 9.67. The average molecular weight is 417 g/mol. The number of nitrogens with zero attached hydrogens (tertiary/aromatic N) is 2. The lowest BCUT2D eigenvalue weighted by atomic mass is 9.86. The fourth-order valence-corrected chi connectivity index (χ4v) is 4.45. The summed E-state index contributed by atoms with van der Waals surface area (Å²) in [7, 11) is 0.